The van der Waals surface area contributed by atoms with Gasteiger partial charge >= 0.3 is 0 Å². The minimum Gasteiger partial charge on any atom is -0.496 e. The number of aliphatic hydroxyl groups is 1. The summed E-state index contributed by atoms with van der Waals surface area (Å²) in [6, 6.07) is 3.96. The third-order valence-electron chi connectivity index (χ3n) is 3.09. The highest BCUT2D eigenvalue weighted by molar-refractivity contribution is 5.43. The lowest BCUT2D eigenvalue weighted by molar-refractivity contribution is 0.136. The van der Waals surface area contributed by atoms with E-state index in [2.05, 4.69) is 5.32 Å². The van der Waals surface area contributed by atoms with Crippen molar-refractivity contribution >= 4 is 0 Å². The van der Waals surface area contributed by atoms with Gasteiger partial charge in [-0.15, -0.1) is 0 Å². The Hall–Kier alpha value is -1.06. The predicted molar refractivity (Wildman–Crippen MR) is 65.9 cm³/mol. The molecule has 1 rings (SSSR count). The summed E-state index contributed by atoms with van der Waals surface area (Å²) in [6.07, 6.45) is -0.556. The summed E-state index contributed by atoms with van der Waals surface area (Å²) in [5.74, 6) is 0.748. The lowest BCUT2D eigenvalue weighted by atomic mass is 9.98. The van der Waals surface area contributed by atoms with Crippen LogP contribution in [0.25, 0.3) is 0 Å². The molecule has 1 aromatic carbocycles. The Kier molecular flexibility index (Phi) is 4.33. The first kappa shape index (κ1) is 13.0. The Morgan fingerprint density at radius 2 is 1.81 bits per heavy atom. The van der Waals surface area contributed by atoms with Gasteiger partial charge in [-0.3, -0.25) is 0 Å². The summed E-state index contributed by atoms with van der Waals surface area (Å²) in [4.78, 5) is 0. The van der Waals surface area contributed by atoms with Crippen LogP contribution >= 0.6 is 0 Å². The highest BCUT2D eigenvalue weighted by Gasteiger charge is 2.19. The standard InChI is InChI=1S/C13H21NO2/c1-8-6-11(13(15)10(3)14-4)12(16-5)7-9(8)2/h6-7,10,13-15H,1-5H3. The number of rotatable bonds is 4. The van der Waals surface area contributed by atoms with E-state index in [-0.39, 0.29) is 6.04 Å². The number of aryl methyl sites for hydroxylation is 2. The van der Waals surface area contributed by atoms with E-state index in [1.807, 2.05) is 40.0 Å². The number of ether oxygens (including phenoxy) is 1. The van der Waals surface area contributed by atoms with Gasteiger partial charge in [-0.2, -0.15) is 0 Å². The molecule has 0 aliphatic carbocycles. The molecule has 0 amide bonds. The van der Waals surface area contributed by atoms with Gasteiger partial charge in [-0.05, 0) is 51.1 Å². The van der Waals surface area contributed by atoms with Crippen LogP contribution in [0, 0.1) is 13.8 Å². The Balaban J connectivity index is 3.16. The highest BCUT2D eigenvalue weighted by atomic mass is 16.5. The van der Waals surface area contributed by atoms with Gasteiger partial charge in [-0.1, -0.05) is 0 Å². The molecule has 0 fully saturated rings. The van der Waals surface area contributed by atoms with Crippen molar-refractivity contribution in [2.24, 2.45) is 0 Å². The molecule has 3 heteroatoms. The third kappa shape index (κ3) is 2.54. The molecule has 0 saturated heterocycles. The van der Waals surface area contributed by atoms with Crippen molar-refractivity contribution in [3.8, 4) is 5.75 Å². The second kappa shape index (κ2) is 5.32. The first-order valence-electron chi connectivity index (χ1n) is 5.51. The quantitative estimate of drug-likeness (QED) is 0.820. The summed E-state index contributed by atoms with van der Waals surface area (Å²) in [6.45, 7) is 6.02. The van der Waals surface area contributed by atoms with Gasteiger partial charge < -0.3 is 15.2 Å². The monoisotopic (exact) mass is 223 g/mol. The van der Waals surface area contributed by atoms with E-state index in [1.165, 1.54) is 5.56 Å². The number of hydrogen-bond acceptors (Lipinski definition) is 3. The number of hydrogen-bond donors (Lipinski definition) is 2. The van der Waals surface area contributed by atoms with Crippen molar-refractivity contribution in [1.82, 2.24) is 5.32 Å². The molecular formula is C13H21NO2. The number of likely N-dealkylation sites (N-methyl/N-ethyl adjacent to an activating group) is 1. The fourth-order valence-electron chi connectivity index (χ4n) is 1.65. The molecule has 0 aliphatic heterocycles. The Morgan fingerprint density at radius 3 is 2.31 bits per heavy atom. The van der Waals surface area contributed by atoms with Crippen LogP contribution in [-0.4, -0.2) is 25.3 Å². The van der Waals surface area contributed by atoms with E-state index in [9.17, 15) is 5.11 Å². The maximum Gasteiger partial charge on any atom is 0.125 e. The summed E-state index contributed by atoms with van der Waals surface area (Å²) in [7, 11) is 3.46. The van der Waals surface area contributed by atoms with Gasteiger partial charge in [0.05, 0.1) is 13.2 Å². The van der Waals surface area contributed by atoms with Crippen LogP contribution in [0.5, 0.6) is 5.75 Å². The molecule has 3 nitrogen and oxygen atoms in total. The van der Waals surface area contributed by atoms with Crippen LogP contribution in [0.4, 0.5) is 0 Å². The fraction of sp³-hybridized carbons (Fsp3) is 0.538. The van der Waals surface area contributed by atoms with Gasteiger partial charge in [-0.25, -0.2) is 0 Å². The van der Waals surface area contributed by atoms with Crippen molar-refractivity contribution < 1.29 is 9.84 Å². The Morgan fingerprint density at radius 1 is 1.25 bits per heavy atom. The van der Waals surface area contributed by atoms with Crippen LogP contribution in [0.1, 0.15) is 29.7 Å². The average Bonchev–Trinajstić information content (AvgIpc) is 2.30. The van der Waals surface area contributed by atoms with Crippen molar-refractivity contribution in [3.63, 3.8) is 0 Å². The van der Waals surface area contributed by atoms with Crippen molar-refractivity contribution in [1.29, 1.82) is 0 Å². The van der Waals surface area contributed by atoms with Crippen molar-refractivity contribution in [2.45, 2.75) is 32.9 Å². The maximum absolute atomic E-state index is 10.2. The number of benzene rings is 1. The van der Waals surface area contributed by atoms with E-state index in [0.717, 1.165) is 16.9 Å². The molecule has 16 heavy (non-hydrogen) atoms. The zero-order chi connectivity index (χ0) is 12.3. The molecule has 90 valence electrons. The van der Waals surface area contributed by atoms with E-state index in [4.69, 9.17) is 4.74 Å². The van der Waals surface area contributed by atoms with Crippen LogP contribution in [-0.2, 0) is 0 Å². The summed E-state index contributed by atoms with van der Waals surface area (Å²) in [5.41, 5.74) is 3.18. The van der Waals surface area contributed by atoms with E-state index < -0.39 is 6.10 Å². The fourth-order valence-corrected chi connectivity index (χ4v) is 1.65. The van der Waals surface area contributed by atoms with Gasteiger partial charge in [0.2, 0.25) is 0 Å². The van der Waals surface area contributed by atoms with Crippen molar-refractivity contribution in [2.75, 3.05) is 14.2 Å². The molecule has 0 bridgehead atoms. The summed E-state index contributed by atoms with van der Waals surface area (Å²) in [5, 5.41) is 13.2. The van der Waals surface area contributed by atoms with E-state index in [0.29, 0.717) is 0 Å². The average molecular weight is 223 g/mol. The molecule has 0 radical (unpaired) electrons. The summed E-state index contributed by atoms with van der Waals surface area (Å²) < 4.78 is 5.31. The Bertz CT molecular complexity index is 363. The molecule has 2 N–H and O–H groups in total. The minimum atomic E-state index is -0.556. The van der Waals surface area contributed by atoms with Crippen LogP contribution in [0.3, 0.4) is 0 Å². The number of aliphatic hydroxyl groups excluding tert-OH is 1. The molecule has 0 aliphatic rings. The van der Waals surface area contributed by atoms with Gasteiger partial charge in [0.15, 0.2) is 0 Å². The molecule has 0 spiro atoms. The zero-order valence-corrected chi connectivity index (χ0v) is 10.7. The normalized spacial score (nSPS) is 14.6. The van der Waals surface area contributed by atoms with Gasteiger partial charge in [0.25, 0.3) is 0 Å². The molecular weight excluding hydrogens is 202 g/mol. The molecule has 0 aromatic heterocycles. The van der Waals surface area contributed by atoms with Gasteiger partial charge in [0, 0.05) is 11.6 Å². The lowest BCUT2D eigenvalue weighted by Crippen LogP contribution is -2.29. The lowest BCUT2D eigenvalue weighted by Gasteiger charge is -2.21. The van der Waals surface area contributed by atoms with Gasteiger partial charge in [0.1, 0.15) is 5.75 Å². The van der Waals surface area contributed by atoms with Crippen molar-refractivity contribution in [3.05, 3.63) is 28.8 Å². The smallest absolute Gasteiger partial charge is 0.125 e. The van der Waals surface area contributed by atoms with E-state index >= 15 is 0 Å². The minimum absolute atomic E-state index is 0.00370. The Labute approximate surface area is 97.4 Å². The predicted octanol–water partition coefficient (Wildman–Crippen LogP) is 1.95. The number of methoxy groups -OCH3 is 1. The molecule has 0 heterocycles. The molecule has 2 atom stereocenters. The maximum atomic E-state index is 10.2. The second-order valence-electron chi connectivity index (χ2n) is 4.20. The third-order valence-corrected chi connectivity index (χ3v) is 3.09. The first-order valence-corrected chi connectivity index (χ1v) is 5.51. The molecule has 2 unspecified atom stereocenters. The van der Waals surface area contributed by atoms with E-state index in [1.54, 1.807) is 7.11 Å². The second-order valence-corrected chi connectivity index (χ2v) is 4.20. The molecule has 1 aromatic rings. The topological polar surface area (TPSA) is 41.5 Å². The zero-order valence-electron chi connectivity index (χ0n) is 10.7. The molecule has 0 saturated carbocycles. The SMILES string of the molecule is CNC(C)C(O)c1cc(C)c(C)cc1OC. The van der Waals surface area contributed by atoms with Crippen LogP contribution in [0.15, 0.2) is 12.1 Å². The summed E-state index contributed by atoms with van der Waals surface area (Å²) >= 11 is 0. The van der Waals surface area contributed by atoms with Crippen LogP contribution < -0.4 is 10.1 Å². The highest BCUT2D eigenvalue weighted by Crippen LogP contribution is 2.30. The van der Waals surface area contributed by atoms with Crippen LogP contribution in [0.2, 0.25) is 0 Å². The first-order chi connectivity index (χ1) is 7.51. The largest absolute Gasteiger partial charge is 0.496 e. The number of nitrogens with one attached hydrogen (secondary N) is 1.